The Hall–Kier alpha value is -2.93. The van der Waals surface area contributed by atoms with Gasteiger partial charge < -0.3 is 0 Å². The standard InChI is InChI=1S/C31H32N/c1-20-15-27(23-7-5-4-6-8-23)19-29(21(20)2)31-28-12-11-25(18-26(28)13-14-32(31)3)30-17-22-9-10-24(30)16-22/h4-8,11-15,18-19,22,24,30H,9-10,16-17H2,1-3H3/q+1. The predicted molar refractivity (Wildman–Crippen MR) is 134 cm³/mol. The Bertz CT molecular complexity index is 1320. The van der Waals surface area contributed by atoms with E-state index in [4.69, 9.17) is 0 Å². The molecule has 0 radical (unpaired) electrons. The average Bonchev–Trinajstić information content (AvgIpc) is 3.45. The van der Waals surface area contributed by atoms with E-state index in [1.54, 1.807) is 5.56 Å². The molecule has 1 nitrogen and oxygen atoms in total. The highest BCUT2D eigenvalue weighted by atomic mass is 14.9. The number of aromatic nitrogens is 1. The summed E-state index contributed by atoms with van der Waals surface area (Å²) < 4.78 is 2.30. The van der Waals surface area contributed by atoms with E-state index in [2.05, 4.69) is 98.4 Å². The fraction of sp³-hybridized carbons (Fsp3) is 0.323. The van der Waals surface area contributed by atoms with Gasteiger partial charge in [0, 0.05) is 6.07 Å². The van der Waals surface area contributed by atoms with Crippen molar-refractivity contribution < 1.29 is 4.57 Å². The number of hydrogen-bond donors (Lipinski definition) is 0. The number of hydrogen-bond acceptors (Lipinski definition) is 0. The molecule has 0 aliphatic heterocycles. The highest BCUT2D eigenvalue weighted by Crippen LogP contribution is 2.53. The molecular formula is C31H32N+. The summed E-state index contributed by atoms with van der Waals surface area (Å²) in [7, 11) is 2.18. The fourth-order valence-corrected chi connectivity index (χ4v) is 6.51. The number of pyridine rings is 1. The van der Waals surface area contributed by atoms with E-state index in [0.29, 0.717) is 0 Å². The van der Waals surface area contributed by atoms with E-state index >= 15 is 0 Å². The largest absolute Gasteiger partial charge is 0.220 e. The predicted octanol–water partition coefficient (Wildman–Crippen LogP) is 7.52. The molecule has 2 aliphatic rings. The Labute approximate surface area is 191 Å². The van der Waals surface area contributed by atoms with Crippen LogP contribution in [-0.2, 0) is 7.05 Å². The Morgan fingerprint density at radius 1 is 0.812 bits per heavy atom. The lowest BCUT2D eigenvalue weighted by molar-refractivity contribution is -0.659. The summed E-state index contributed by atoms with van der Waals surface area (Å²) >= 11 is 0. The van der Waals surface area contributed by atoms with E-state index in [0.717, 1.165) is 17.8 Å². The maximum absolute atomic E-state index is 2.49. The van der Waals surface area contributed by atoms with Gasteiger partial charge >= 0.3 is 0 Å². The Balaban J connectivity index is 1.50. The first-order chi connectivity index (χ1) is 15.6. The lowest BCUT2D eigenvalue weighted by Crippen LogP contribution is -2.30. The molecule has 160 valence electrons. The SMILES string of the molecule is Cc1cc(-c2ccccc2)cc(-c2c3ccc(C4CC5CCC4C5)cc3cc[n+]2C)c1C. The molecule has 1 aromatic heterocycles. The van der Waals surface area contributed by atoms with Gasteiger partial charge in [0.05, 0.1) is 10.9 Å². The molecular weight excluding hydrogens is 386 g/mol. The zero-order valence-electron chi connectivity index (χ0n) is 19.4. The third-order valence-corrected chi connectivity index (χ3v) is 8.36. The number of aryl methyl sites for hydroxylation is 2. The van der Waals surface area contributed by atoms with Crippen LogP contribution in [0.3, 0.4) is 0 Å². The van der Waals surface area contributed by atoms with Gasteiger partial charge in [-0.25, -0.2) is 4.57 Å². The summed E-state index contributed by atoms with van der Waals surface area (Å²) in [6, 6.07) is 25.1. The second-order valence-corrected chi connectivity index (χ2v) is 10.2. The molecule has 0 saturated heterocycles. The van der Waals surface area contributed by atoms with Crippen LogP contribution in [0.1, 0.15) is 48.3 Å². The first kappa shape index (κ1) is 19.7. The minimum Gasteiger partial charge on any atom is -0.200 e. The van der Waals surface area contributed by atoms with Crippen LogP contribution in [0.25, 0.3) is 33.2 Å². The number of benzene rings is 3. The van der Waals surface area contributed by atoms with Gasteiger partial charge in [0.2, 0.25) is 5.69 Å². The van der Waals surface area contributed by atoms with E-state index in [1.165, 1.54) is 70.0 Å². The first-order valence-corrected chi connectivity index (χ1v) is 12.2. The van der Waals surface area contributed by atoms with Crippen LogP contribution in [0, 0.1) is 25.7 Å². The molecule has 2 saturated carbocycles. The molecule has 1 heterocycles. The Morgan fingerprint density at radius 2 is 1.66 bits per heavy atom. The summed E-state index contributed by atoms with van der Waals surface area (Å²) in [5, 5.41) is 2.73. The summed E-state index contributed by atoms with van der Waals surface area (Å²) in [6.07, 6.45) is 8.01. The van der Waals surface area contributed by atoms with Gasteiger partial charge in [0.15, 0.2) is 6.20 Å². The molecule has 32 heavy (non-hydrogen) atoms. The van der Waals surface area contributed by atoms with Crippen molar-refractivity contribution >= 4 is 10.8 Å². The van der Waals surface area contributed by atoms with Gasteiger partial charge in [0.25, 0.3) is 0 Å². The van der Waals surface area contributed by atoms with Gasteiger partial charge in [-0.05, 0) is 96.2 Å². The van der Waals surface area contributed by atoms with Crippen molar-refractivity contribution in [3.63, 3.8) is 0 Å². The highest BCUT2D eigenvalue weighted by Gasteiger charge is 2.40. The maximum Gasteiger partial charge on any atom is 0.220 e. The highest BCUT2D eigenvalue weighted by molar-refractivity contribution is 5.95. The van der Waals surface area contributed by atoms with Gasteiger partial charge in [-0.1, -0.05) is 55.0 Å². The number of rotatable bonds is 3. The van der Waals surface area contributed by atoms with Crippen LogP contribution >= 0.6 is 0 Å². The molecule has 3 aromatic carbocycles. The van der Waals surface area contributed by atoms with Crippen molar-refractivity contribution in [2.75, 3.05) is 0 Å². The topological polar surface area (TPSA) is 3.88 Å². The quantitative estimate of drug-likeness (QED) is 0.303. The summed E-state index contributed by atoms with van der Waals surface area (Å²) in [5.74, 6) is 2.68. The van der Waals surface area contributed by atoms with Crippen molar-refractivity contribution in [2.24, 2.45) is 18.9 Å². The van der Waals surface area contributed by atoms with E-state index < -0.39 is 0 Å². The molecule has 0 N–H and O–H groups in total. The monoisotopic (exact) mass is 418 g/mol. The normalized spacial score (nSPS) is 22.0. The molecule has 3 unspecified atom stereocenters. The second-order valence-electron chi connectivity index (χ2n) is 10.2. The summed E-state index contributed by atoms with van der Waals surface area (Å²) in [5.41, 5.74) is 9.50. The lowest BCUT2D eigenvalue weighted by Gasteiger charge is -2.22. The number of nitrogens with zero attached hydrogens (tertiary/aromatic N) is 1. The lowest BCUT2D eigenvalue weighted by atomic mass is 9.82. The van der Waals surface area contributed by atoms with Gasteiger partial charge in [0.1, 0.15) is 7.05 Å². The molecule has 2 aliphatic carbocycles. The third kappa shape index (κ3) is 3.18. The summed E-state index contributed by atoms with van der Waals surface area (Å²) in [6.45, 7) is 4.51. The van der Waals surface area contributed by atoms with Gasteiger partial charge in [-0.2, -0.15) is 0 Å². The van der Waals surface area contributed by atoms with Gasteiger partial charge in [-0.3, -0.25) is 0 Å². The van der Waals surface area contributed by atoms with Crippen molar-refractivity contribution in [3.8, 4) is 22.4 Å². The van der Waals surface area contributed by atoms with Crippen LogP contribution in [0.4, 0.5) is 0 Å². The maximum atomic E-state index is 2.49. The first-order valence-electron chi connectivity index (χ1n) is 12.2. The molecule has 3 atom stereocenters. The minimum absolute atomic E-state index is 0.779. The van der Waals surface area contributed by atoms with E-state index in [1.807, 2.05) is 0 Å². The fourth-order valence-electron chi connectivity index (χ4n) is 6.51. The smallest absolute Gasteiger partial charge is 0.200 e. The van der Waals surface area contributed by atoms with E-state index in [-0.39, 0.29) is 0 Å². The molecule has 0 spiro atoms. The summed E-state index contributed by atoms with van der Waals surface area (Å²) in [4.78, 5) is 0. The molecule has 2 fully saturated rings. The van der Waals surface area contributed by atoms with Gasteiger partial charge in [-0.15, -0.1) is 0 Å². The van der Waals surface area contributed by atoms with Crippen LogP contribution in [0.15, 0.2) is 72.9 Å². The van der Waals surface area contributed by atoms with Crippen LogP contribution in [-0.4, -0.2) is 0 Å². The Kier molecular flexibility index (Phi) is 4.68. The molecule has 0 amide bonds. The number of fused-ring (bicyclic) bond motifs is 3. The second kappa shape index (κ2) is 7.59. The van der Waals surface area contributed by atoms with Crippen molar-refractivity contribution in [1.82, 2.24) is 0 Å². The average molecular weight is 419 g/mol. The van der Waals surface area contributed by atoms with Crippen molar-refractivity contribution in [1.29, 1.82) is 0 Å². The van der Waals surface area contributed by atoms with Crippen molar-refractivity contribution in [3.05, 3.63) is 89.6 Å². The van der Waals surface area contributed by atoms with Crippen LogP contribution in [0.2, 0.25) is 0 Å². The zero-order chi connectivity index (χ0) is 21.8. The Morgan fingerprint density at radius 3 is 2.41 bits per heavy atom. The minimum atomic E-state index is 0.779. The zero-order valence-corrected chi connectivity index (χ0v) is 19.4. The molecule has 4 aromatic rings. The van der Waals surface area contributed by atoms with Crippen LogP contribution < -0.4 is 4.57 Å². The van der Waals surface area contributed by atoms with E-state index in [9.17, 15) is 0 Å². The molecule has 2 bridgehead atoms. The third-order valence-electron chi connectivity index (χ3n) is 8.36. The van der Waals surface area contributed by atoms with Crippen LogP contribution in [0.5, 0.6) is 0 Å². The van der Waals surface area contributed by atoms with Crippen molar-refractivity contribution in [2.45, 2.75) is 45.4 Å². The molecule has 1 heteroatoms. The molecule has 6 rings (SSSR count).